The van der Waals surface area contributed by atoms with Gasteiger partial charge in [0.25, 0.3) is 0 Å². The van der Waals surface area contributed by atoms with Crippen LogP contribution in [0.5, 0.6) is 0 Å². The van der Waals surface area contributed by atoms with Crippen LogP contribution in [0.2, 0.25) is 5.02 Å². The predicted molar refractivity (Wildman–Crippen MR) is 68.9 cm³/mol. The van der Waals surface area contributed by atoms with Gasteiger partial charge >= 0.3 is 0 Å². The zero-order valence-corrected chi connectivity index (χ0v) is 11.0. The van der Waals surface area contributed by atoms with Gasteiger partial charge in [0, 0.05) is 30.2 Å². The topological polar surface area (TPSA) is 32.3 Å². The lowest BCUT2D eigenvalue weighted by Crippen LogP contribution is -2.54. The van der Waals surface area contributed by atoms with E-state index < -0.39 is 0 Å². The van der Waals surface area contributed by atoms with Crippen molar-refractivity contribution in [1.29, 1.82) is 0 Å². The number of hydrogen-bond donors (Lipinski definition) is 1. The average molecular weight is 271 g/mol. The standard InChI is InChI=1S/C13H16ClFN2O/c1-2-12-13(18)17(6-5-16-12)8-9-7-10(14)3-4-11(9)15/h3-4,7,12,16H,2,5-6,8H2,1H3. The van der Waals surface area contributed by atoms with Crippen LogP contribution in [0.4, 0.5) is 4.39 Å². The quantitative estimate of drug-likeness (QED) is 0.913. The summed E-state index contributed by atoms with van der Waals surface area (Å²) in [5, 5.41) is 3.64. The van der Waals surface area contributed by atoms with E-state index in [0.29, 0.717) is 17.1 Å². The van der Waals surface area contributed by atoms with Crippen molar-refractivity contribution < 1.29 is 9.18 Å². The molecule has 1 aromatic rings. The van der Waals surface area contributed by atoms with Crippen molar-refractivity contribution in [2.24, 2.45) is 0 Å². The Kier molecular flexibility index (Phi) is 4.19. The van der Waals surface area contributed by atoms with E-state index in [4.69, 9.17) is 11.6 Å². The molecule has 98 valence electrons. The van der Waals surface area contributed by atoms with Gasteiger partial charge in [0.1, 0.15) is 5.82 Å². The van der Waals surface area contributed by atoms with E-state index in [9.17, 15) is 9.18 Å². The second-order valence-corrected chi connectivity index (χ2v) is 4.85. The first-order valence-corrected chi connectivity index (χ1v) is 6.45. The summed E-state index contributed by atoms with van der Waals surface area (Å²) in [6.45, 7) is 3.58. The molecule has 1 saturated heterocycles. The van der Waals surface area contributed by atoms with E-state index in [1.54, 1.807) is 11.0 Å². The highest BCUT2D eigenvalue weighted by molar-refractivity contribution is 6.30. The third kappa shape index (κ3) is 2.82. The number of benzene rings is 1. The van der Waals surface area contributed by atoms with Crippen molar-refractivity contribution in [1.82, 2.24) is 10.2 Å². The van der Waals surface area contributed by atoms with Crippen molar-refractivity contribution in [2.45, 2.75) is 25.9 Å². The monoisotopic (exact) mass is 270 g/mol. The number of amides is 1. The average Bonchev–Trinajstić information content (AvgIpc) is 2.36. The lowest BCUT2D eigenvalue weighted by molar-refractivity contribution is -0.136. The van der Waals surface area contributed by atoms with Crippen LogP contribution in [0.3, 0.4) is 0 Å². The molecule has 0 saturated carbocycles. The van der Waals surface area contributed by atoms with Gasteiger partial charge in [-0.1, -0.05) is 18.5 Å². The highest BCUT2D eigenvalue weighted by Crippen LogP contribution is 2.18. The van der Waals surface area contributed by atoms with Crippen molar-refractivity contribution in [3.8, 4) is 0 Å². The molecule has 18 heavy (non-hydrogen) atoms. The van der Waals surface area contributed by atoms with E-state index in [1.807, 2.05) is 6.92 Å². The molecule has 1 atom stereocenters. The van der Waals surface area contributed by atoms with Gasteiger partial charge in [0.2, 0.25) is 5.91 Å². The van der Waals surface area contributed by atoms with Crippen molar-refractivity contribution in [3.63, 3.8) is 0 Å². The molecule has 1 unspecified atom stereocenters. The van der Waals surface area contributed by atoms with E-state index >= 15 is 0 Å². The van der Waals surface area contributed by atoms with Gasteiger partial charge < -0.3 is 10.2 Å². The highest BCUT2D eigenvalue weighted by Gasteiger charge is 2.27. The number of halogens is 2. The normalized spacial score (nSPS) is 20.3. The second-order valence-electron chi connectivity index (χ2n) is 4.41. The number of rotatable bonds is 3. The number of carbonyl (C=O) groups excluding carboxylic acids is 1. The summed E-state index contributed by atoms with van der Waals surface area (Å²) in [7, 11) is 0. The van der Waals surface area contributed by atoms with Crippen LogP contribution in [-0.2, 0) is 11.3 Å². The summed E-state index contributed by atoms with van der Waals surface area (Å²) >= 11 is 5.84. The minimum absolute atomic E-state index is 0.0307. The Labute approximate surface area is 111 Å². The Hall–Kier alpha value is -1.13. The minimum atomic E-state index is -0.321. The van der Waals surface area contributed by atoms with E-state index in [-0.39, 0.29) is 24.3 Å². The lowest BCUT2D eigenvalue weighted by Gasteiger charge is -2.32. The maximum atomic E-state index is 13.6. The van der Waals surface area contributed by atoms with Crippen LogP contribution < -0.4 is 5.32 Å². The molecule has 3 nitrogen and oxygen atoms in total. The Morgan fingerprint density at radius 2 is 2.33 bits per heavy atom. The molecule has 1 fully saturated rings. The number of piperazine rings is 1. The zero-order valence-electron chi connectivity index (χ0n) is 10.2. The number of carbonyl (C=O) groups is 1. The van der Waals surface area contributed by atoms with Gasteiger partial charge in [-0.3, -0.25) is 4.79 Å². The third-order valence-corrected chi connectivity index (χ3v) is 3.39. The summed E-state index contributed by atoms with van der Waals surface area (Å²) in [6, 6.07) is 4.27. The lowest BCUT2D eigenvalue weighted by atomic mass is 10.1. The summed E-state index contributed by atoms with van der Waals surface area (Å²) < 4.78 is 13.6. The number of nitrogens with one attached hydrogen (secondary N) is 1. The number of nitrogens with zero attached hydrogens (tertiary/aromatic N) is 1. The van der Waals surface area contributed by atoms with Crippen molar-refractivity contribution >= 4 is 17.5 Å². The van der Waals surface area contributed by atoms with Crippen LogP contribution in [0.25, 0.3) is 0 Å². The predicted octanol–water partition coefficient (Wildman–Crippen LogP) is 2.19. The molecule has 0 radical (unpaired) electrons. The molecule has 1 aromatic carbocycles. The van der Waals surface area contributed by atoms with Gasteiger partial charge in [-0.25, -0.2) is 4.39 Å². The Bertz CT molecular complexity index is 453. The smallest absolute Gasteiger partial charge is 0.240 e. The van der Waals surface area contributed by atoms with Gasteiger partial charge in [0.05, 0.1) is 6.04 Å². The fourth-order valence-corrected chi connectivity index (χ4v) is 2.33. The largest absolute Gasteiger partial charge is 0.336 e. The third-order valence-electron chi connectivity index (χ3n) is 3.16. The van der Waals surface area contributed by atoms with Crippen LogP contribution in [0, 0.1) is 5.82 Å². The van der Waals surface area contributed by atoms with Crippen LogP contribution in [0.15, 0.2) is 18.2 Å². The molecule has 1 aliphatic rings. The molecule has 1 aliphatic heterocycles. The number of hydrogen-bond acceptors (Lipinski definition) is 2. The molecule has 2 rings (SSSR count). The molecule has 1 heterocycles. The van der Waals surface area contributed by atoms with Gasteiger partial charge in [-0.2, -0.15) is 0 Å². The fraction of sp³-hybridized carbons (Fsp3) is 0.462. The zero-order chi connectivity index (χ0) is 13.1. The molecule has 0 bridgehead atoms. The minimum Gasteiger partial charge on any atom is -0.336 e. The molecule has 0 aliphatic carbocycles. The molecule has 0 spiro atoms. The first-order valence-electron chi connectivity index (χ1n) is 6.08. The van der Waals surface area contributed by atoms with Crippen molar-refractivity contribution in [2.75, 3.05) is 13.1 Å². The Morgan fingerprint density at radius 3 is 3.06 bits per heavy atom. The van der Waals surface area contributed by atoms with Gasteiger partial charge in [-0.15, -0.1) is 0 Å². The second kappa shape index (κ2) is 5.67. The van der Waals surface area contributed by atoms with Crippen LogP contribution in [0.1, 0.15) is 18.9 Å². The SMILES string of the molecule is CCC1NCCN(Cc2cc(Cl)ccc2F)C1=O. The summed E-state index contributed by atoms with van der Waals surface area (Å²) in [5.74, 6) is -0.290. The molecule has 5 heteroatoms. The first kappa shape index (κ1) is 13.3. The van der Waals surface area contributed by atoms with Gasteiger partial charge in [0.15, 0.2) is 0 Å². The first-order chi connectivity index (χ1) is 8.61. The Morgan fingerprint density at radius 1 is 1.56 bits per heavy atom. The molecular formula is C13H16ClFN2O. The summed E-state index contributed by atoms with van der Waals surface area (Å²) in [4.78, 5) is 13.7. The highest BCUT2D eigenvalue weighted by atomic mass is 35.5. The van der Waals surface area contributed by atoms with Gasteiger partial charge in [-0.05, 0) is 24.6 Å². The maximum absolute atomic E-state index is 13.6. The summed E-state index contributed by atoms with van der Waals surface area (Å²) in [5.41, 5.74) is 0.465. The summed E-state index contributed by atoms with van der Waals surface area (Å²) in [6.07, 6.45) is 0.743. The van der Waals surface area contributed by atoms with Crippen LogP contribution >= 0.6 is 11.6 Å². The van der Waals surface area contributed by atoms with E-state index in [1.165, 1.54) is 12.1 Å². The molecule has 1 N–H and O–H groups in total. The fourth-order valence-electron chi connectivity index (χ4n) is 2.14. The maximum Gasteiger partial charge on any atom is 0.240 e. The van der Waals surface area contributed by atoms with Crippen LogP contribution in [-0.4, -0.2) is 29.9 Å². The molecule has 1 amide bonds. The van der Waals surface area contributed by atoms with Crippen molar-refractivity contribution in [3.05, 3.63) is 34.6 Å². The van der Waals surface area contributed by atoms with E-state index in [0.717, 1.165) is 13.0 Å². The molecule has 0 aromatic heterocycles. The Balaban J connectivity index is 2.13. The van der Waals surface area contributed by atoms with E-state index in [2.05, 4.69) is 5.32 Å². The molecular weight excluding hydrogens is 255 g/mol.